The first-order chi connectivity index (χ1) is 12.1. The predicted octanol–water partition coefficient (Wildman–Crippen LogP) is 3.83. The van der Waals surface area contributed by atoms with Gasteiger partial charge in [-0.3, -0.25) is 9.59 Å². The van der Waals surface area contributed by atoms with E-state index in [1.54, 1.807) is 29.2 Å². The van der Waals surface area contributed by atoms with Crippen LogP contribution in [0.5, 0.6) is 0 Å². The summed E-state index contributed by atoms with van der Waals surface area (Å²) in [7, 11) is 0. The number of anilines is 1. The lowest BCUT2D eigenvalue weighted by atomic mass is 10.1. The normalized spacial score (nSPS) is 10.3. The van der Waals surface area contributed by atoms with Crippen molar-refractivity contribution in [3.05, 3.63) is 65.2 Å². The maximum atomic E-state index is 12.0. The molecule has 0 heterocycles. The zero-order chi connectivity index (χ0) is 18.1. The number of aryl methyl sites for hydroxylation is 1. The Morgan fingerprint density at radius 3 is 2.36 bits per heavy atom. The van der Waals surface area contributed by atoms with Gasteiger partial charge in [0.05, 0.1) is 0 Å². The highest BCUT2D eigenvalue weighted by molar-refractivity contribution is 6.30. The van der Waals surface area contributed by atoms with Crippen molar-refractivity contribution in [2.24, 2.45) is 0 Å². The SMILES string of the molecule is CC(=O)N(CCC(=O)NCCCc1ccccc1)c1ccc(Cl)cc1. The Hall–Kier alpha value is -2.33. The minimum absolute atomic E-state index is 0.0479. The molecular formula is C20H23ClN2O2. The molecule has 2 amide bonds. The first-order valence-electron chi connectivity index (χ1n) is 8.40. The second-order valence-electron chi connectivity index (χ2n) is 5.84. The number of amides is 2. The number of halogens is 1. The minimum Gasteiger partial charge on any atom is -0.356 e. The number of rotatable bonds is 8. The van der Waals surface area contributed by atoms with Gasteiger partial charge < -0.3 is 10.2 Å². The molecule has 5 heteroatoms. The van der Waals surface area contributed by atoms with Crippen LogP contribution in [-0.4, -0.2) is 24.9 Å². The third-order valence-corrected chi connectivity index (χ3v) is 4.14. The summed E-state index contributed by atoms with van der Waals surface area (Å²) in [5.74, 6) is -0.146. The summed E-state index contributed by atoms with van der Waals surface area (Å²) in [6.45, 7) is 2.47. The van der Waals surface area contributed by atoms with Crippen molar-refractivity contribution in [2.75, 3.05) is 18.0 Å². The molecule has 0 aromatic heterocycles. The van der Waals surface area contributed by atoms with Gasteiger partial charge in [-0.25, -0.2) is 0 Å². The Balaban J connectivity index is 1.73. The van der Waals surface area contributed by atoms with E-state index in [2.05, 4.69) is 17.4 Å². The number of carbonyl (C=O) groups excluding carboxylic acids is 2. The monoisotopic (exact) mass is 358 g/mol. The van der Waals surface area contributed by atoms with Gasteiger partial charge in [-0.15, -0.1) is 0 Å². The Morgan fingerprint density at radius 1 is 1.04 bits per heavy atom. The van der Waals surface area contributed by atoms with Gasteiger partial charge in [0.15, 0.2) is 0 Å². The lowest BCUT2D eigenvalue weighted by molar-refractivity contribution is -0.121. The molecule has 0 bridgehead atoms. The van der Waals surface area contributed by atoms with E-state index in [1.807, 2.05) is 18.2 Å². The zero-order valence-corrected chi connectivity index (χ0v) is 15.1. The number of carbonyl (C=O) groups is 2. The third kappa shape index (κ3) is 6.59. The highest BCUT2D eigenvalue weighted by Gasteiger charge is 2.13. The van der Waals surface area contributed by atoms with E-state index in [0.717, 1.165) is 18.5 Å². The molecule has 132 valence electrons. The van der Waals surface area contributed by atoms with E-state index in [0.29, 0.717) is 18.1 Å². The Morgan fingerprint density at radius 2 is 1.72 bits per heavy atom. The van der Waals surface area contributed by atoms with Crippen molar-refractivity contribution in [1.29, 1.82) is 0 Å². The van der Waals surface area contributed by atoms with Crippen molar-refractivity contribution in [2.45, 2.75) is 26.2 Å². The molecule has 2 aromatic rings. The zero-order valence-electron chi connectivity index (χ0n) is 14.4. The molecule has 0 aliphatic rings. The van der Waals surface area contributed by atoms with Gasteiger partial charge >= 0.3 is 0 Å². The molecule has 0 aliphatic heterocycles. The van der Waals surface area contributed by atoms with Crippen LogP contribution in [0, 0.1) is 0 Å². The predicted molar refractivity (Wildman–Crippen MR) is 102 cm³/mol. The fraction of sp³-hybridized carbons (Fsp3) is 0.300. The van der Waals surface area contributed by atoms with E-state index in [1.165, 1.54) is 12.5 Å². The molecule has 0 spiro atoms. The van der Waals surface area contributed by atoms with Crippen LogP contribution in [0.3, 0.4) is 0 Å². The minimum atomic E-state index is -0.0980. The van der Waals surface area contributed by atoms with Crippen LogP contribution in [0.15, 0.2) is 54.6 Å². The van der Waals surface area contributed by atoms with Gasteiger partial charge in [0.1, 0.15) is 0 Å². The van der Waals surface area contributed by atoms with E-state index in [9.17, 15) is 9.59 Å². The molecule has 0 radical (unpaired) electrons. The number of hydrogen-bond acceptors (Lipinski definition) is 2. The third-order valence-electron chi connectivity index (χ3n) is 3.89. The average molecular weight is 359 g/mol. The van der Waals surface area contributed by atoms with Crippen molar-refractivity contribution < 1.29 is 9.59 Å². The van der Waals surface area contributed by atoms with E-state index < -0.39 is 0 Å². The topological polar surface area (TPSA) is 49.4 Å². The maximum Gasteiger partial charge on any atom is 0.223 e. The Kier molecular flexibility index (Phi) is 7.48. The van der Waals surface area contributed by atoms with Crippen molar-refractivity contribution in [1.82, 2.24) is 5.32 Å². The molecular weight excluding hydrogens is 336 g/mol. The average Bonchev–Trinajstić information content (AvgIpc) is 2.61. The summed E-state index contributed by atoms with van der Waals surface area (Å²) in [5, 5.41) is 3.52. The molecule has 1 N–H and O–H groups in total. The molecule has 0 fully saturated rings. The summed E-state index contributed by atoms with van der Waals surface area (Å²) in [5.41, 5.74) is 2.01. The van der Waals surface area contributed by atoms with E-state index >= 15 is 0 Å². The number of nitrogens with zero attached hydrogens (tertiary/aromatic N) is 1. The van der Waals surface area contributed by atoms with Gasteiger partial charge in [0, 0.05) is 37.1 Å². The quantitative estimate of drug-likeness (QED) is 0.729. The second-order valence-corrected chi connectivity index (χ2v) is 6.27. The Bertz CT molecular complexity index is 687. The molecule has 2 rings (SSSR count). The lowest BCUT2D eigenvalue weighted by Gasteiger charge is -2.21. The standard InChI is InChI=1S/C20H23ClN2O2/c1-16(24)23(19-11-9-18(21)10-12-19)15-13-20(25)22-14-5-8-17-6-3-2-4-7-17/h2-4,6-7,9-12H,5,8,13-15H2,1H3,(H,22,25). The molecule has 0 aliphatic carbocycles. The smallest absolute Gasteiger partial charge is 0.223 e. The van der Waals surface area contributed by atoms with Crippen LogP contribution in [0.25, 0.3) is 0 Å². The molecule has 0 atom stereocenters. The fourth-order valence-corrected chi connectivity index (χ4v) is 2.68. The number of nitrogens with one attached hydrogen (secondary N) is 1. The molecule has 0 saturated carbocycles. The largest absolute Gasteiger partial charge is 0.356 e. The molecule has 4 nitrogen and oxygen atoms in total. The summed E-state index contributed by atoms with van der Waals surface area (Å²) >= 11 is 5.87. The molecule has 2 aromatic carbocycles. The lowest BCUT2D eigenvalue weighted by Crippen LogP contribution is -2.34. The highest BCUT2D eigenvalue weighted by atomic mass is 35.5. The Labute approximate surface area is 153 Å². The van der Waals surface area contributed by atoms with Gasteiger partial charge in [-0.1, -0.05) is 41.9 Å². The fourth-order valence-electron chi connectivity index (χ4n) is 2.56. The summed E-state index contributed by atoms with van der Waals surface area (Å²) in [6, 6.07) is 17.2. The van der Waals surface area contributed by atoms with E-state index in [4.69, 9.17) is 11.6 Å². The summed E-state index contributed by atoms with van der Waals surface area (Å²) < 4.78 is 0. The van der Waals surface area contributed by atoms with Crippen LogP contribution in [-0.2, 0) is 16.0 Å². The maximum absolute atomic E-state index is 12.0. The number of benzene rings is 2. The summed E-state index contributed by atoms with van der Waals surface area (Å²) in [4.78, 5) is 25.4. The van der Waals surface area contributed by atoms with Crippen LogP contribution in [0.4, 0.5) is 5.69 Å². The van der Waals surface area contributed by atoms with Crippen LogP contribution < -0.4 is 10.2 Å². The molecule has 0 unspecified atom stereocenters. The van der Waals surface area contributed by atoms with Crippen molar-refractivity contribution >= 4 is 29.1 Å². The van der Waals surface area contributed by atoms with Crippen molar-refractivity contribution in [3.8, 4) is 0 Å². The molecule has 0 saturated heterocycles. The first kappa shape index (κ1) is 19.0. The van der Waals surface area contributed by atoms with Gasteiger partial charge in [0.2, 0.25) is 11.8 Å². The van der Waals surface area contributed by atoms with E-state index in [-0.39, 0.29) is 18.2 Å². The summed E-state index contributed by atoms with van der Waals surface area (Å²) in [6.07, 6.45) is 2.10. The van der Waals surface area contributed by atoms with Crippen LogP contribution >= 0.6 is 11.6 Å². The second kappa shape index (κ2) is 9.84. The first-order valence-corrected chi connectivity index (χ1v) is 8.78. The van der Waals surface area contributed by atoms with Crippen LogP contribution in [0.2, 0.25) is 5.02 Å². The number of hydrogen-bond donors (Lipinski definition) is 1. The van der Waals surface area contributed by atoms with Gasteiger partial charge in [-0.2, -0.15) is 0 Å². The highest BCUT2D eigenvalue weighted by Crippen LogP contribution is 2.18. The van der Waals surface area contributed by atoms with Crippen LogP contribution in [0.1, 0.15) is 25.3 Å². The van der Waals surface area contributed by atoms with Gasteiger partial charge in [-0.05, 0) is 42.7 Å². The molecule has 25 heavy (non-hydrogen) atoms. The van der Waals surface area contributed by atoms with Crippen molar-refractivity contribution in [3.63, 3.8) is 0 Å². The van der Waals surface area contributed by atoms with Gasteiger partial charge in [0.25, 0.3) is 0 Å².